The maximum atomic E-state index is 5.76. The van der Waals surface area contributed by atoms with E-state index in [9.17, 15) is 0 Å². The summed E-state index contributed by atoms with van der Waals surface area (Å²) in [6.45, 7) is 11.0. The van der Waals surface area contributed by atoms with Crippen LogP contribution in [0.15, 0.2) is 12.1 Å². The molecular formula is C23H37N3S. The largest absolute Gasteiger partial charge is 0.349 e. The molecule has 150 valence electrons. The summed E-state index contributed by atoms with van der Waals surface area (Å²) in [5.74, 6) is 0.844. The second kappa shape index (κ2) is 8.91. The molecule has 1 heterocycles. The van der Waals surface area contributed by atoms with E-state index in [1.807, 2.05) is 0 Å². The summed E-state index contributed by atoms with van der Waals surface area (Å²) in [6.07, 6.45) is 8.03. The third kappa shape index (κ3) is 4.83. The van der Waals surface area contributed by atoms with E-state index in [-0.39, 0.29) is 0 Å². The molecule has 1 N–H and O–H groups in total. The predicted octanol–water partition coefficient (Wildman–Crippen LogP) is 5.28. The van der Waals surface area contributed by atoms with Crippen molar-refractivity contribution in [1.82, 2.24) is 9.80 Å². The van der Waals surface area contributed by atoms with Crippen molar-refractivity contribution in [2.45, 2.75) is 78.3 Å². The third-order valence-corrected chi connectivity index (χ3v) is 7.19. The summed E-state index contributed by atoms with van der Waals surface area (Å²) in [6, 6.07) is 5.94. The molecule has 27 heavy (non-hydrogen) atoms. The van der Waals surface area contributed by atoms with Crippen LogP contribution < -0.4 is 5.32 Å². The van der Waals surface area contributed by atoms with Crippen molar-refractivity contribution in [2.75, 3.05) is 25.5 Å². The van der Waals surface area contributed by atoms with Crippen molar-refractivity contribution in [3.8, 4) is 0 Å². The minimum atomic E-state index is 0.706. The fourth-order valence-electron chi connectivity index (χ4n) is 5.21. The molecule has 0 aromatic heterocycles. The summed E-state index contributed by atoms with van der Waals surface area (Å²) >= 11 is 5.76. The number of thiocarbonyl (C=S) groups is 1. The summed E-state index contributed by atoms with van der Waals surface area (Å²) in [7, 11) is 2.36. The molecule has 1 aromatic carbocycles. The number of anilines is 1. The van der Waals surface area contributed by atoms with Gasteiger partial charge in [-0.2, -0.15) is 0 Å². The first-order valence-corrected chi connectivity index (χ1v) is 11.1. The predicted molar refractivity (Wildman–Crippen MR) is 121 cm³/mol. The summed E-state index contributed by atoms with van der Waals surface area (Å²) < 4.78 is 0. The number of hydrogen-bond donors (Lipinski definition) is 1. The van der Waals surface area contributed by atoms with Crippen LogP contribution in [0.3, 0.4) is 0 Å². The Morgan fingerprint density at radius 2 is 1.63 bits per heavy atom. The summed E-state index contributed by atoms with van der Waals surface area (Å²) in [5.41, 5.74) is 5.04. The molecule has 1 saturated heterocycles. The van der Waals surface area contributed by atoms with Gasteiger partial charge in [-0.25, -0.2) is 0 Å². The quantitative estimate of drug-likeness (QED) is 0.711. The Morgan fingerprint density at radius 3 is 2.22 bits per heavy atom. The first-order valence-electron chi connectivity index (χ1n) is 10.7. The molecule has 2 atom stereocenters. The minimum Gasteiger partial charge on any atom is -0.349 e. The second-order valence-corrected chi connectivity index (χ2v) is 9.30. The van der Waals surface area contributed by atoms with Gasteiger partial charge in [0.15, 0.2) is 5.11 Å². The Kier molecular flexibility index (Phi) is 6.80. The average Bonchev–Trinajstić information content (AvgIpc) is 2.64. The standard InChI is InChI=1S/C23H37N3S/c1-16-14-18(3)22(19(4)15-16)24-23(27)26-12-10-20(11-13-26)25(5)21-9-7-6-8-17(21)2/h14-15,17,20-21H,6-13H2,1-5H3,(H,24,27)/t17-,21+/m1/s1. The van der Waals surface area contributed by atoms with Gasteiger partial charge in [-0.3, -0.25) is 0 Å². The molecule has 2 aliphatic rings. The molecule has 0 spiro atoms. The molecule has 0 unspecified atom stereocenters. The van der Waals surface area contributed by atoms with Crippen LogP contribution in [-0.2, 0) is 0 Å². The average molecular weight is 388 g/mol. The number of rotatable bonds is 3. The zero-order valence-electron chi connectivity index (χ0n) is 17.8. The fraction of sp³-hybridized carbons (Fsp3) is 0.696. The van der Waals surface area contributed by atoms with Crippen LogP contribution in [-0.4, -0.2) is 47.1 Å². The van der Waals surface area contributed by atoms with Crippen LogP contribution in [0.25, 0.3) is 0 Å². The van der Waals surface area contributed by atoms with Crippen LogP contribution in [0.4, 0.5) is 5.69 Å². The van der Waals surface area contributed by atoms with E-state index in [0.29, 0.717) is 6.04 Å². The van der Waals surface area contributed by atoms with Gasteiger partial charge in [0, 0.05) is 30.9 Å². The highest BCUT2D eigenvalue weighted by molar-refractivity contribution is 7.80. The normalized spacial score (nSPS) is 24.3. The van der Waals surface area contributed by atoms with Crippen LogP contribution in [0.2, 0.25) is 0 Å². The van der Waals surface area contributed by atoms with Crippen molar-refractivity contribution in [3.63, 3.8) is 0 Å². The molecule has 2 fully saturated rings. The number of aryl methyl sites for hydroxylation is 3. The van der Waals surface area contributed by atoms with Gasteiger partial charge in [-0.1, -0.05) is 37.5 Å². The van der Waals surface area contributed by atoms with Gasteiger partial charge in [-0.05, 0) is 82.8 Å². The lowest BCUT2D eigenvalue weighted by molar-refractivity contribution is 0.0691. The van der Waals surface area contributed by atoms with Crippen molar-refractivity contribution in [1.29, 1.82) is 0 Å². The number of piperidine rings is 1. The van der Waals surface area contributed by atoms with Gasteiger partial charge >= 0.3 is 0 Å². The van der Waals surface area contributed by atoms with E-state index >= 15 is 0 Å². The monoisotopic (exact) mass is 387 g/mol. The topological polar surface area (TPSA) is 18.5 Å². The van der Waals surface area contributed by atoms with E-state index in [1.54, 1.807) is 0 Å². The summed E-state index contributed by atoms with van der Waals surface area (Å²) in [4.78, 5) is 5.06. The van der Waals surface area contributed by atoms with E-state index in [4.69, 9.17) is 12.2 Å². The van der Waals surface area contributed by atoms with Crippen LogP contribution in [0.5, 0.6) is 0 Å². The third-order valence-electron chi connectivity index (χ3n) is 6.83. The zero-order chi connectivity index (χ0) is 19.6. The SMILES string of the molecule is Cc1cc(C)c(NC(=S)N2CCC(N(C)[C@H]3CCCC[C@H]3C)CC2)c(C)c1. The Bertz CT molecular complexity index is 641. The lowest BCUT2D eigenvalue weighted by atomic mass is 9.84. The van der Waals surface area contributed by atoms with Crippen LogP contribution in [0, 0.1) is 26.7 Å². The van der Waals surface area contributed by atoms with Crippen LogP contribution in [0.1, 0.15) is 62.1 Å². The molecule has 0 amide bonds. The lowest BCUT2D eigenvalue weighted by Gasteiger charge is -2.44. The number of nitrogens with one attached hydrogen (secondary N) is 1. The summed E-state index contributed by atoms with van der Waals surface area (Å²) in [5, 5.41) is 4.42. The number of likely N-dealkylation sites (tertiary alicyclic amines) is 1. The molecule has 1 saturated carbocycles. The highest BCUT2D eigenvalue weighted by Gasteiger charge is 2.31. The van der Waals surface area contributed by atoms with Crippen LogP contribution >= 0.6 is 12.2 Å². The first-order chi connectivity index (χ1) is 12.9. The number of hydrogen-bond acceptors (Lipinski definition) is 2. The number of nitrogens with zero attached hydrogens (tertiary/aromatic N) is 2. The molecular weight excluding hydrogens is 350 g/mol. The van der Waals surface area contributed by atoms with Gasteiger partial charge < -0.3 is 15.1 Å². The highest BCUT2D eigenvalue weighted by Crippen LogP contribution is 2.31. The Hall–Kier alpha value is -1.13. The van der Waals surface area contributed by atoms with E-state index < -0.39 is 0 Å². The number of benzene rings is 1. The Morgan fingerprint density at radius 1 is 1.04 bits per heavy atom. The van der Waals surface area contributed by atoms with Crippen molar-refractivity contribution in [2.24, 2.45) is 5.92 Å². The first kappa shape index (κ1) is 20.6. The lowest BCUT2D eigenvalue weighted by Crippen LogP contribution is -2.51. The van der Waals surface area contributed by atoms with E-state index in [0.717, 1.165) is 30.2 Å². The molecule has 0 radical (unpaired) electrons. The molecule has 1 aromatic rings. The Balaban J connectivity index is 1.55. The van der Waals surface area contributed by atoms with Gasteiger partial charge in [0.2, 0.25) is 0 Å². The Labute approximate surface area is 171 Å². The highest BCUT2D eigenvalue weighted by atomic mass is 32.1. The zero-order valence-corrected chi connectivity index (χ0v) is 18.7. The maximum absolute atomic E-state index is 5.76. The molecule has 0 bridgehead atoms. The molecule has 3 rings (SSSR count). The van der Waals surface area contributed by atoms with Gasteiger partial charge in [0.1, 0.15) is 0 Å². The molecule has 1 aliphatic heterocycles. The molecule has 1 aliphatic carbocycles. The van der Waals surface area contributed by atoms with Crippen molar-refractivity contribution < 1.29 is 0 Å². The smallest absolute Gasteiger partial charge is 0.173 e. The molecule has 4 heteroatoms. The fourth-order valence-corrected chi connectivity index (χ4v) is 5.50. The second-order valence-electron chi connectivity index (χ2n) is 8.92. The molecule has 3 nitrogen and oxygen atoms in total. The van der Waals surface area contributed by atoms with E-state index in [1.165, 1.54) is 60.9 Å². The van der Waals surface area contributed by atoms with E-state index in [2.05, 4.69) is 62.0 Å². The van der Waals surface area contributed by atoms with Crippen molar-refractivity contribution in [3.05, 3.63) is 28.8 Å². The van der Waals surface area contributed by atoms with Gasteiger partial charge in [0.05, 0.1) is 0 Å². The maximum Gasteiger partial charge on any atom is 0.173 e. The van der Waals surface area contributed by atoms with Crippen molar-refractivity contribution >= 4 is 23.0 Å². The minimum absolute atomic E-state index is 0.706. The van der Waals surface area contributed by atoms with Gasteiger partial charge in [-0.15, -0.1) is 0 Å². The van der Waals surface area contributed by atoms with Gasteiger partial charge in [0.25, 0.3) is 0 Å².